The third kappa shape index (κ3) is 6.54. The van der Waals surface area contributed by atoms with Crippen LogP contribution < -0.4 is 9.64 Å². The van der Waals surface area contributed by atoms with E-state index in [1.165, 1.54) is 48.4 Å². The van der Waals surface area contributed by atoms with Crippen LogP contribution in [0.25, 0.3) is 22.3 Å². The van der Waals surface area contributed by atoms with Gasteiger partial charge in [0.2, 0.25) is 11.8 Å². The number of amides is 1. The lowest BCUT2D eigenvalue weighted by Crippen LogP contribution is -2.57. The molecular weight excluding hydrogens is 660 g/mol. The second-order valence-electron chi connectivity index (χ2n) is 11.8. The molecule has 2 atom stereocenters. The van der Waals surface area contributed by atoms with Gasteiger partial charge in [-0.3, -0.25) is 4.90 Å². The normalized spacial score (nSPS) is 18.7. The van der Waals surface area contributed by atoms with Gasteiger partial charge < -0.3 is 19.5 Å². The van der Waals surface area contributed by atoms with Gasteiger partial charge in [0, 0.05) is 29.1 Å². The average molecular weight is 688 g/mol. The van der Waals surface area contributed by atoms with Crippen molar-refractivity contribution in [3.8, 4) is 28.1 Å². The molecule has 0 saturated carbocycles. The molecule has 2 aromatic carbocycles. The third-order valence-electron chi connectivity index (χ3n) is 8.39. The lowest BCUT2D eigenvalue weighted by molar-refractivity contribution is -0.137. The molecule has 0 spiro atoms. The quantitative estimate of drug-likeness (QED) is 0.197. The summed E-state index contributed by atoms with van der Waals surface area (Å²) in [6.45, 7) is 1.65. The Balaban J connectivity index is 1.41. The molecule has 256 valence electrons. The topological polar surface area (TPSA) is 118 Å². The number of halogens is 6. The maximum absolute atomic E-state index is 14.3. The summed E-state index contributed by atoms with van der Waals surface area (Å²) in [5, 5.41) is 9.38. The number of carbonyl (C=O) groups excluding carboxylic acids is 1. The summed E-state index contributed by atoms with van der Waals surface area (Å²) >= 11 is 0. The molecule has 1 N–H and O–H groups in total. The van der Waals surface area contributed by atoms with Gasteiger partial charge in [-0.15, -0.1) is 0 Å². The number of anilines is 1. The van der Waals surface area contributed by atoms with E-state index in [1.807, 2.05) is 0 Å². The minimum absolute atomic E-state index is 0.0513. The molecule has 4 heterocycles. The Hall–Kier alpha value is -5.41. The van der Waals surface area contributed by atoms with Crippen molar-refractivity contribution in [3.63, 3.8) is 0 Å². The molecule has 0 unspecified atom stereocenters. The molecule has 0 aliphatic carbocycles. The van der Waals surface area contributed by atoms with Crippen LogP contribution in [0, 0.1) is 12.7 Å². The highest BCUT2D eigenvalue weighted by Crippen LogP contribution is 2.40. The summed E-state index contributed by atoms with van der Waals surface area (Å²) in [5.74, 6) is -5.14. The molecule has 0 bridgehead atoms. The molecule has 10 nitrogen and oxygen atoms in total. The van der Waals surface area contributed by atoms with Gasteiger partial charge >= 0.3 is 18.2 Å². The number of hydrogen-bond acceptors (Lipinski definition) is 8. The molecule has 2 aliphatic heterocycles. The Bertz CT molecular complexity index is 1970. The first-order chi connectivity index (χ1) is 23.0. The second-order valence-corrected chi connectivity index (χ2v) is 11.8. The number of aromatic nitrogens is 3. The van der Waals surface area contributed by atoms with E-state index in [0.717, 1.165) is 6.07 Å². The van der Waals surface area contributed by atoms with Gasteiger partial charge in [0.1, 0.15) is 11.9 Å². The molecule has 16 heteroatoms. The van der Waals surface area contributed by atoms with Crippen LogP contribution in [-0.2, 0) is 17.5 Å². The van der Waals surface area contributed by atoms with E-state index in [9.17, 15) is 41.0 Å². The van der Waals surface area contributed by atoms with Gasteiger partial charge in [0.15, 0.2) is 0 Å². The number of methoxy groups -OCH3 is 1. The van der Waals surface area contributed by atoms with Crippen LogP contribution in [0.1, 0.15) is 45.8 Å². The second kappa shape index (κ2) is 12.2. The van der Waals surface area contributed by atoms with Crippen molar-refractivity contribution in [3.05, 3.63) is 88.6 Å². The number of rotatable bonds is 8. The molecule has 2 aromatic heterocycles. The smallest absolute Gasteiger partial charge is 0.416 e. The molecule has 2 aliphatic rings. The summed E-state index contributed by atoms with van der Waals surface area (Å²) in [7, 11) is 1.37. The maximum Gasteiger partial charge on any atom is 0.416 e. The van der Waals surface area contributed by atoms with Crippen molar-refractivity contribution >= 4 is 18.0 Å². The van der Waals surface area contributed by atoms with E-state index in [-0.39, 0.29) is 40.8 Å². The predicted molar refractivity (Wildman–Crippen MR) is 162 cm³/mol. The largest absolute Gasteiger partial charge is 0.481 e. The van der Waals surface area contributed by atoms with Crippen LogP contribution >= 0.6 is 0 Å². The minimum atomic E-state index is -4.85. The highest BCUT2D eigenvalue weighted by atomic mass is 19.4. The monoisotopic (exact) mass is 687 g/mol. The lowest BCUT2D eigenvalue weighted by atomic mass is 9.96. The standard InChI is InChI=1S/C33H27F6N5O5/c1-16-6-18(29(45)46)4-5-23(16)20-9-24(28(48-3)40-11-20)25-12-41-30(43-14-32(35,36)15-43)42-26(25)13-44-17(2)27(49-31(44)47)19-7-21(33(37,38)39)10-22(34)8-19/h4-12,17,27H,13-15H2,1-3H3,(H,45,46)/t17-,27-/m0/s1. The molecule has 2 saturated heterocycles. The first kappa shape index (κ1) is 33.5. The first-order valence-corrected chi connectivity index (χ1v) is 14.8. The van der Waals surface area contributed by atoms with Crippen LogP contribution in [0.5, 0.6) is 5.88 Å². The summed E-state index contributed by atoms with van der Waals surface area (Å²) in [5.41, 5.74) is 1.26. The van der Waals surface area contributed by atoms with E-state index in [1.54, 1.807) is 19.1 Å². The van der Waals surface area contributed by atoms with Gasteiger partial charge in [-0.1, -0.05) is 6.07 Å². The van der Waals surface area contributed by atoms with Crippen molar-refractivity contribution in [1.82, 2.24) is 19.9 Å². The molecule has 4 aromatic rings. The van der Waals surface area contributed by atoms with E-state index in [4.69, 9.17) is 9.47 Å². The Kier molecular flexibility index (Phi) is 8.36. The van der Waals surface area contributed by atoms with Crippen LogP contribution in [0.4, 0.5) is 37.1 Å². The number of carboxylic acids is 1. The van der Waals surface area contributed by atoms with Crippen LogP contribution in [0.2, 0.25) is 0 Å². The molecular formula is C33H27F6N5O5. The number of nitrogens with zero attached hydrogens (tertiary/aromatic N) is 5. The van der Waals surface area contributed by atoms with Gasteiger partial charge in [-0.25, -0.2) is 37.7 Å². The summed E-state index contributed by atoms with van der Waals surface area (Å²) in [4.78, 5) is 40.3. The van der Waals surface area contributed by atoms with Gasteiger partial charge in [0.05, 0.1) is 49.6 Å². The van der Waals surface area contributed by atoms with Crippen molar-refractivity contribution < 1.29 is 50.5 Å². The Labute approximate surface area is 274 Å². The number of aromatic carboxylic acids is 1. The number of carboxylic acid groups (broad SMARTS) is 1. The van der Waals surface area contributed by atoms with Crippen molar-refractivity contribution in [2.24, 2.45) is 0 Å². The fourth-order valence-corrected chi connectivity index (χ4v) is 5.89. The van der Waals surface area contributed by atoms with E-state index >= 15 is 0 Å². The number of benzene rings is 2. The third-order valence-corrected chi connectivity index (χ3v) is 8.39. The zero-order valence-corrected chi connectivity index (χ0v) is 26.1. The molecule has 2 fully saturated rings. The molecule has 1 amide bonds. The average Bonchev–Trinajstić information content (AvgIpc) is 3.31. The lowest BCUT2D eigenvalue weighted by Gasteiger charge is -2.38. The predicted octanol–water partition coefficient (Wildman–Crippen LogP) is 6.92. The maximum atomic E-state index is 14.3. The number of hydrogen-bond donors (Lipinski definition) is 1. The van der Waals surface area contributed by atoms with Gasteiger partial charge in [-0.05, 0) is 66.9 Å². The zero-order valence-electron chi connectivity index (χ0n) is 26.1. The highest BCUT2D eigenvalue weighted by Gasteiger charge is 2.46. The molecule has 49 heavy (non-hydrogen) atoms. The molecule has 0 radical (unpaired) electrons. The number of aryl methyl sites for hydroxylation is 1. The number of pyridine rings is 1. The van der Waals surface area contributed by atoms with Crippen molar-refractivity contribution in [1.29, 1.82) is 0 Å². The zero-order chi connectivity index (χ0) is 35.4. The SMILES string of the molecule is COc1ncc(-c2ccc(C(=O)O)cc2C)cc1-c1cnc(N2CC(F)(F)C2)nc1CN1C(=O)O[C@H](c2cc(F)cc(C(F)(F)F)c2)[C@@H]1C. The van der Waals surface area contributed by atoms with Gasteiger partial charge in [-0.2, -0.15) is 13.2 Å². The van der Waals surface area contributed by atoms with Crippen molar-refractivity contribution in [2.75, 3.05) is 25.1 Å². The van der Waals surface area contributed by atoms with Crippen LogP contribution in [0.3, 0.4) is 0 Å². The Morgan fingerprint density at radius 3 is 2.43 bits per heavy atom. The van der Waals surface area contributed by atoms with Crippen LogP contribution in [0.15, 0.2) is 54.9 Å². The van der Waals surface area contributed by atoms with E-state index in [0.29, 0.717) is 34.4 Å². The Morgan fingerprint density at radius 1 is 1.06 bits per heavy atom. The summed E-state index contributed by atoms with van der Waals surface area (Å²) in [6, 6.07) is 7.24. The first-order valence-electron chi connectivity index (χ1n) is 14.8. The number of alkyl halides is 5. The summed E-state index contributed by atoms with van der Waals surface area (Å²) < 4.78 is 93.1. The summed E-state index contributed by atoms with van der Waals surface area (Å²) in [6.07, 6.45) is -4.17. The minimum Gasteiger partial charge on any atom is -0.481 e. The number of cyclic esters (lactones) is 1. The van der Waals surface area contributed by atoms with E-state index < -0.39 is 60.8 Å². The fourth-order valence-electron chi connectivity index (χ4n) is 5.89. The van der Waals surface area contributed by atoms with Gasteiger partial charge in [0.25, 0.3) is 5.92 Å². The number of ether oxygens (including phenoxy) is 2. The molecule has 6 rings (SSSR count). The van der Waals surface area contributed by atoms with Crippen molar-refractivity contribution in [2.45, 2.75) is 44.6 Å². The fraction of sp³-hybridized carbons (Fsp3) is 0.303. The Morgan fingerprint density at radius 2 is 1.80 bits per heavy atom. The van der Waals surface area contributed by atoms with E-state index in [2.05, 4.69) is 15.0 Å². The highest BCUT2D eigenvalue weighted by molar-refractivity contribution is 5.89. The number of carbonyl (C=O) groups is 2. The van der Waals surface area contributed by atoms with Crippen LogP contribution in [-0.4, -0.2) is 69.2 Å².